The molecule has 0 heterocycles. The molecular weight excluding hydrogens is 242 g/mol. The lowest BCUT2D eigenvalue weighted by molar-refractivity contribution is -0.138. The lowest BCUT2D eigenvalue weighted by atomic mass is 10.0. The average molecular weight is 261 g/mol. The molecule has 0 aliphatic carbocycles. The third-order valence-electron chi connectivity index (χ3n) is 2.83. The van der Waals surface area contributed by atoms with Crippen molar-refractivity contribution in [3.8, 4) is 0 Å². The van der Waals surface area contributed by atoms with Crippen molar-refractivity contribution in [1.29, 1.82) is 0 Å². The predicted octanol–water partition coefficient (Wildman–Crippen LogP) is 2.32. The molecular formula is C15H19NO3. The van der Waals surface area contributed by atoms with Gasteiger partial charge < -0.3 is 10.4 Å². The maximum atomic E-state index is 11.6. The van der Waals surface area contributed by atoms with Crippen molar-refractivity contribution in [1.82, 2.24) is 5.32 Å². The number of amides is 1. The molecule has 1 aromatic rings. The van der Waals surface area contributed by atoms with Gasteiger partial charge in [0.15, 0.2) is 0 Å². The number of aliphatic carboxylic acids is 1. The van der Waals surface area contributed by atoms with Crippen LogP contribution < -0.4 is 5.32 Å². The second-order valence-corrected chi connectivity index (χ2v) is 4.36. The Hall–Kier alpha value is -2.10. The minimum absolute atomic E-state index is 0.0217. The van der Waals surface area contributed by atoms with Crippen molar-refractivity contribution in [2.75, 3.05) is 6.54 Å². The Morgan fingerprint density at radius 3 is 2.58 bits per heavy atom. The number of hydrogen-bond acceptors (Lipinski definition) is 2. The fourth-order valence-corrected chi connectivity index (χ4v) is 1.65. The van der Waals surface area contributed by atoms with Crippen molar-refractivity contribution in [3.05, 3.63) is 42.0 Å². The summed E-state index contributed by atoms with van der Waals surface area (Å²) in [6.45, 7) is 2.31. The summed E-state index contributed by atoms with van der Waals surface area (Å²) in [5.41, 5.74) is 0.954. The van der Waals surface area contributed by atoms with Crippen LogP contribution in [0.25, 0.3) is 6.08 Å². The lowest BCUT2D eigenvalue weighted by Crippen LogP contribution is -2.28. The first-order valence-electron chi connectivity index (χ1n) is 6.34. The molecule has 1 aromatic carbocycles. The number of carbonyl (C=O) groups is 2. The van der Waals surface area contributed by atoms with Crippen LogP contribution in [0.15, 0.2) is 36.4 Å². The van der Waals surface area contributed by atoms with Crippen LogP contribution in [0.2, 0.25) is 0 Å². The van der Waals surface area contributed by atoms with E-state index < -0.39 is 5.97 Å². The first kappa shape index (κ1) is 15.0. The van der Waals surface area contributed by atoms with Crippen LogP contribution in [0, 0.1) is 5.92 Å². The molecule has 4 heteroatoms. The van der Waals surface area contributed by atoms with Gasteiger partial charge >= 0.3 is 5.97 Å². The first-order valence-corrected chi connectivity index (χ1v) is 6.34. The van der Waals surface area contributed by atoms with Crippen molar-refractivity contribution in [3.63, 3.8) is 0 Å². The van der Waals surface area contributed by atoms with Crippen LogP contribution in [-0.4, -0.2) is 23.5 Å². The molecule has 0 aliphatic rings. The molecule has 0 saturated carbocycles. The summed E-state index contributed by atoms with van der Waals surface area (Å²) in [6.07, 6.45) is 4.00. The van der Waals surface area contributed by atoms with Crippen LogP contribution >= 0.6 is 0 Å². The highest BCUT2D eigenvalue weighted by molar-refractivity contribution is 5.91. The molecule has 2 N–H and O–H groups in total. The van der Waals surface area contributed by atoms with E-state index in [0.29, 0.717) is 6.54 Å². The molecule has 0 bridgehead atoms. The molecule has 0 fully saturated rings. The van der Waals surface area contributed by atoms with E-state index >= 15 is 0 Å². The SMILES string of the molecule is CCC(CNC(=O)/C=C/c1ccccc1)CC(=O)O. The van der Waals surface area contributed by atoms with Crippen LogP contribution in [0.4, 0.5) is 0 Å². The van der Waals surface area contributed by atoms with E-state index in [2.05, 4.69) is 5.32 Å². The normalized spacial score (nSPS) is 12.3. The number of rotatable bonds is 7. The summed E-state index contributed by atoms with van der Waals surface area (Å²) in [5, 5.41) is 11.4. The Balaban J connectivity index is 2.39. The van der Waals surface area contributed by atoms with Gasteiger partial charge in [-0.2, -0.15) is 0 Å². The molecule has 0 aromatic heterocycles. The Morgan fingerprint density at radius 2 is 2.00 bits per heavy atom. The summed E-state index contributed by atoms with van der Waals surface area (Å²) in [4.78, 5) is 22.2. The Kier molecular flexibility index (Phi) is 6.36. The highest BCUT2D eigenvalue weighted by atomic mass is 16.4. The number of carboxylic acids is 1. The standard InChI is InChI=1S/C15H19NO3/c1-2-12(10-15(18)19)11-16-14(17)9-8-13-6-4-3-5-7-13/h3-9,12H,2,10-11H2,1H3,(H,16,17)(H,18,19)/b9-8+. The van der Waals surface area contributed by atoms with Gasteiger partial charge in [0, 0.05) is 19.0 Å². The topological polar surface area (TPSA) is 66.4 Å². The smallest absolute Gasteiger partial charge is 0.303 e. The molecule has 0 radical (unpaired) electrons. The van der Waals surface area contributed by atoms with E-state index in [-0.39, 0.29) is 18.2 Å². The van der Waals surface area contributed by atoms with Gasteiger partial charge in [-0.05, 0) is 17.6 Å². The second-order valence-electron chi connectivity index (χ2n) is 4.36. The Morgan fingerprint density at radius 1 is 1.32 bits per heavy atom. The van der Waals surface area contributed by atoms with Gasteiger partial charge in [0.2, 0.25) is 5.91 Å². The number of carbonyl (C=O) groups excluding carboxylic acids is 1. The fraction of sp³-hybridized carbons (Fsp3) is 0.333. The van der Waals surface area contributed by atoms with Gasteiger partial charge in [0.25, 0.3) is 0 Å². The monoisotopic (exact) mass is 261 g/mol. The summed E-state index contributed by atoms with van der Waals surface area (Å²) >= 11 is 0. The molecule has 1 rings (SSSR count). The summed E-state index contributed by atoms with van der Waals surface area (Å²) < 4.78 is 0. The Labute approximate surface area is 113 Å². The molecule has 0 saturated heterocycles. The minimum atomic E-state index is -0.832. The van der Waals surface area contributed by atoms with Gasteiger partial charge in [-0.1, -0.05) is 43.7 Å². The largest absolute Gasteiger partial charge is 0.481 e. The zero-order valence-corrected chi connectivity index (χ0v) is 11.0. The van der Waals surface area contributed by atoms with Crippen molar-refractivity contribution < 1.29 is 14.7 Å². The fourth-order valence-electron chi connectivity index (χ4n) is 1.65. The van der Waals surface area contributed by atoms with E-state index in [9.17, 15) is 9.59 Å². The van der Waals surface area contributed by atoms with Crippen LogP contribution in [0.5, 0.6) is 0 Å². The molecule has 0 aliphatic heterocycles. The second kappa shape index (κ2) is 8.08. The van der Waals surface area contributed by atoms with Crippen LogP contribution in [0.3, 0.4) is 0 Å². The maximum absolute atomic E-state index is 11.6. The molecule has 4 nitrogen and oxygen atoms in total. The van der Waals surface area contributed by atoms with Gasteiger partial charge in [0.1, 0.15) is 0 Å². The van der Waals surface area contributed by atoms with E-state index in [4.69, 9.17) is 5.11 Å². The molecule has 19 heavy (non-hydrogen) atoms. The Bertz CT molecular complexity index is 440. The number of nitrogens with one attached hydrogen (secondary N) is 1. The van der Waals surface area contributed by atoms with E-state index in [0.717, 1.165) is 12.0 Å². The summed E-state index contributed by atoms with van der Waals surface area (Å²) in [5.74, 6) is -1.06. The van der Waals surface area contributed by atoms with Crippen molar-refractivity contribution >= 4 is 18.0 Å². The van der Waals surface area contributed by atoms with E-state index in [1.54, 1.807) is 6.08 Å². The molecule has 0 spiro atoms. The third-order valence-corrected chi connectivity index (χ3v) is 2.83. The number of hydrogen-bond donors (Lipinski definition) is 2. The highest BCUT2D eigenvalue weighted by Crippen LogP contribution is 2.06. The first-order chi connectivity index (χ1) is 9.11. The van der Waals surface area contributed by atoms with Crippen LogP contribution in [-0.2, 0) is 9.59 Å². The predicted molar refractivity (Wildman–Crippen MR) is 74.5 cm³/mol. The van der Waals surface area contributed by atoms with Crippen LogP contribution in [0.1, 0.15) is 25.3 Å². The molecule has 1 atom stereocenters. The van der Waals surface area contributed by atoms with Gasteiger partial charge in [0.05, 0.1) is 0 Å². The lowest BCUT2D eigenvalue weighted by Gasteiger charge is -2.12. The summed E-state index contributed by atoms with van der Waals surface area (Å²) in [7, 11) is 0. The molecule has 102 valence electrons. The number of benzene rings is 1. The zero-order valence-electron chi connectivity index (χ0n) is 11.0. The van der Waals surface area contributed by atoms with Gasteiger partial charge in [-0.3, -0.25) is 9.59 Å². The maximum Gasteiger partial charge on any atom is 0.303 e. The average Bonchev–Trinajstić information content (AvgIpc) is 2.42. The number of carboxylic acid groups (broad SMARTS) is 1. The van der Waals surface area contributed by atoms with Crippen molar-refractivity contribution in [2.24, 2.45) is 5.92 Å². The van der Waals surface area contributed by atoms with Gasteiger partial charge in [-0.15, -0.1) is 0 Å². The zero-order chi connectivity index (χ0) is 14.1. The van der Waals surface area contributed by atoms with Gasteiger partial charge in [-0.25, -0.2) is 0 Å². The molecule has 1 amide bonds. The quantitative estimate of drug-likeness (QED) is 0.740. The molecule has 1 unspecified atom stereocenters. The minimum Gasteiger partial charge on any atom is -0.481 e. The van der Waals surface area contributed by atoms with Crippen molar-refractivity contribution in [2.45, 2.75) is 19.8 Å². The highest BCUT2D eigenvalue weighted by Gasteiger charge is 2.11. The summed E-state index contributed by atoms with van der Waals surface area (Å²) in [6, 6.07) is 9.52. The van der Waals surface area contributed by atoms with E-state index in [1.807, 2.05) is 37.3 Å². The van der Waals surface area contributed by atoms with E-state index in [1.165, 1.54) is 6.08 Å². The third kappa shape index (κ3) is 6.41.